The van der Waals surface area contributed by atoms with Crippen molar-refractivity contribution in [2.24, 2.45) is 5.92 Å². The lowest BCUT2D eigenvalue weighted by molar-refractivity contribution is -0.137. The standard InChI is InChI=1S/C14H25N3O4/c1-2-3-7-15-14(21)16-12(18)10-17-8-6-11(9-17)4-5-13(19)20/h11H,2-10H2,1H3,(H,19,20)(H2,15,16,18,21). The molecular formula is C14H25N3O4. The van der Waals surface area contributed by atoms with Crippen molar-refractivity contribution in [3.05, 3.63) is 0 Å². The van der Waals surface area contributed by atoms with Crippen molar-refractivity contribution in [1.82, 2.24) is 15.5 Å². The number of hydrogen-bond donors (Lipinski definition) is 3. The monoisotopic (exact) mass is 299 g/mol. The second kappa shape index (κ2) is 9.33. The number of rotatable bonds is 8. The van der Waals surface area contributed by atoms with Crippen molar-refractivity contribution < 1.29 is 19.5 Å². The first-order valence-corrected chi connectivity index (χ1v) is 7.53. The summed E-state index contributed by atoms with van der Waals surface area (Å²) in [6, 6.07) is -0.449. The normalized spacial score (nSPS) is 18.4. The van der Waals surface area contributed by atoms with Gasteiger partial charge in [-0.15, -0.1) is 0 Å². The van der Waals surface area contributed by atoms with Crippen LogP contribution >= 0.6 is 0 Å². The topological polar surface area (TPSA) is 98.7 Å². The second-order valence-electron chi connectivity index (χ2n) is 5.48. The number of carboxylic acid groups (broad SMARTS) is 1. The van der Waals surface area contributed by atoms with Crippen molar-refractivity contribution in [3.8, 4) is 0 Å². The average Bonchev–Trinajstić information content (AvgIpc) is 2.84. The minimum absolute atomic E-state index is 0.171. The summed E-state index contributed by atoms with van der Waals surface area (Å²) in [4.78, 5) is 35.6. The molecule has 1 aliphatic rings. The van der Waals surface area contributed by atoms with E-state index >= 15 is 0 Å². The molecule has 1 unspecified atom stereocenters. The molecular weight excluding hydrogens is 274 g/mol. The van der Waals surface area contributed by atoms with Crippen LogP contribution in [0.2, 0.25) is 0 Å². The van der Waals surface area contributed by atoms with Gasteiger partial charge in [-0.1, -0.05) is 13.3 Å². The number of likely N-dealkylation sites (tertiary alicyclic amines) is 1. The number of amides is 3. The number of carboxylic acids is 1. The maximum atomic E-state index is 11.7. The summed E-state index contributed by atoms with van der Waals surface area (Å²) < 4.78 is 0. The number of carbonyl (C=O) groups excluding carboxylic acids is 2. The van der Waals surface area contributed by atoms with E-state index in [4.69, 9.17) is 5.11 Å². The summed E-state index contributed by atoms with van der Waals surface area (Å²) in [5.74, 6) is -0.773. The predicted octanol–water partition coefficient (Wildman–Crippen LogP) is 0.799. The first-order valence-electron chi connectivity index (χ1n) is 7.53. The highest BCUT2D eigenvalue weighted by atomic mass is 16.4. The zero-order chi connectivity index (χ0) is 15.7. The van der Waals surface area contributed by atoms with E-state index in [1.165, 1.54) is 0 Å². The Morgan fingerprint density at radius 3 is 2.76 bits per heavy atom. The van der Waals surface area contributed by atoms with E-state index in [1.54, 1.807) is 0 Å². The van der Waals surface area contributed by atoms with E-state index in [9.17, 15) is 14.4 Å². The first-order chi connectivity index (χ1) is 10.0. The Labute approximate surface area is 125 Å². The van der Waals surface area contributed by atoms with Gasteiger partial charge in [0, 0.05) is 19.5 Å². The van der Waals surface area contributed by atoms with Gasteiger partial charge in [0.2, 0.25) is 5.91 Å². The molecule has 1 atom stereocenters. The average molecular weight is 299 g/mol. The summed E-state index contributed by atoms with van der Waals surface area (Å²) in [5, 5.41) is 13.6. The molecule has 21 heavy (non-hydrogen) atoms. The van der Waals surface area contributed by atoms with Crippen LogP contribution in [0.1, 0.15) is 39.0 Å². The largest absolute Gasteiger partial charge is 0.481 e. The third-order valence-electron chi connectivity index (χ3n) is 3.57. The molecule has 0 saturated carbocycles. The molecule has 3 N–H and O–H groups in total. The number of nitrogens with zero attached hydrogens (tertiary/aromatic N) is 1. The van der Waals surface area contributed by atoms with Crippen LogP contribution in [0.3, 0.4) is 0 Å². The van der Waals surface area contributed by atoms with E-state index in [2.05, 4.69) is 10.6 Å². The van der Waals surface area contributed by atoms with Gasteiger partial charge in [-0.25, -0.2) is 4.79 Å². The summed E-state index contributed by atoms with van der Waals surface area (Å²) in [6.07, 6.45) is 3.59. The quantitative estimate of drug-likeness (QED) is 0.576. The zero-order valence-corrected chi connectivity index (χ0v) is 12.6. The molecule has 0 aliphatic carbocycles. The number of urea groups is 1. The van der Waals surface area contributed by atoms with E-state index in [0.717, 1.165) is 32.4 Å². The van der Waals surface area contributed by atoms with E-state index in [-0.39, 0.29) is 18.9 Å². The van der Waals surface area contributed by atoms with Crippen LogP contribution < -0.4 is 10.6 Å². The summed E-state index contributed by atoms with van der Waals surface area (Å²) in [6.45, 7) is 4.27. The van der Waals surface area contributed by atoms with Crippen molar-refractivity contribution in [1.29, 1.82) is 0 Å². The Hall–Kier alpha value is -1.63. The van der Waals surface area contributed by atoms with Gasteiger partial charge in [-0.3, -0.25) is 19.8 Å². The van der Waals surface area contributed by atoms with Crippen molar-refractivity contribution >= 4 is 17.9 Å². The maximum absolute atomic E-state index is 11.7. The maximum Gasteiger partial charge on any atom is 0.321 e. The number of unbranched alkanes of at least 4 members (excludes halogenated alkanes) is 1. The fourth-order valence-corrected chi connectivity index (χ4v) is 2.41. The lowest BCUT2D eigenvalue weighted by Gasteiger charge is -2.15. The molecule has 0 aromatic heterocycles. The molecule has 7 heteroatoms. The van der Waals surface area contributed by atoms with Crippen LogP contribution in [0.25, 0.3) is 0 Å². The summed E-state index contributed by atoms with van der Waals surface area (Å²) >= 11 is 0. The van der Waals surface area contributed by atoms with Gasteiger partial charge in [0.15, 0.2) is 0 Å². The van der Waals surface area contributed by atoms with E-state index in [1.807, 2.05) is 11.8 Å². The molecule has 0 bridgehead atoms. The molecule has 1 saturated heterocycles. The third kappa shape index (κ3) is 7.65. The van der Waals surface area contributed by atoms with Crippen molar-refractivity contribution in [2.75, 3.05) is 26.2 Å². The van der Waals surface area contributed by atoms with Gasteiger partial charge in [0.25, 0.3) is 0 Å². The van der Waals surface area contributed by atoms with Gasteiger partial charge in [0.05, 0.1) is 6.54 Å². The number of carbonyl (C=O) groups is 3. The second-order valence-corrected chi connectivity index (χ2v) is 5.48. The lowest BCUT2D eigenvalue weighted by atomic mass is 10.0. The fourth-order valence-electron chi connectivity index (χ4n) is 2.41. The van der Waals surface area contributed by atoms with E-state index < -0.39 is 12.0 Å². The van der Waals surface area contributed by atoms with Crippen LogP contribution in [0.5, 0.6) is 0 Å². The number of hydrogen-bond acceptors (Lipinski definition) is 4. The highest BCUT2D eigenvalue weighted by Gasteiger charge is 2.24. The summed E-state index contributed by atoms with van der Waals surface area (Å²) in [5.41, 5.74) is 0. The molecule has 7 nitrogen and oxygen atoms in total. The molecule has 1 heterocycles. The Kier molecular flexibility index (Phi) is 7.74. The predicted molar refractivity (Wildman–Crippen MR) is 77.9 cm³/mol. The highest BCUT2D eigenvalue weighted by Crippen LogP contribution is 2.20. The van der Waals surface area contributed by atoms with Gasteiger partial charge >= 0.3 is 12.0 Å². The van der Waals surface area contributed by atoms with Crippen molar-refractivity contribution in [3.63, 3.8) is 0 Å². The number of nitrogens with one attached hydrogen (secondary N) is 2. The van der Waals surface area contributed by atoms with Crippen LogP contribution in [0.4, 0.5) is 4.79 Å². The van der Waals surface area contributed by atoms with Gasteiger partial charge in [-0.05, 0) is 31.7 Å². The van der Waals surface area contributed by atoms with Crippen LogP contribution in [0.15, 0.2) is 0 Å². The summed E-state index contributed by atoms with van der Waals surface area (Å²) in [7, 11) is 0. The Bertz CT molecular complexity index is 373. The Morgan fingerprint density at radius 2 is 2.10 bits per heavy atom. The van der Waals surface area contributed by atoms with Gasteiger partial charge in [-0.2, -0.15) is 0 Å². The Morgan fingerprint density at radius 1 is 1.33 bits per heavy atom. The first kappa shape index (κ1) is 17.4. The molecule has 1 rings (SSSR count). The number of imide groups is 1. The smallest absolute Gasteiger partial charge is 0.321 e. The fraction of sp³-hybridized carbons (Fsp3) is 0.786. The molecule has 0 aromatic carbocycles. The molecule has 120 valence electrons. The molecule has 0 aromatic rings. The number of aliphatic carboxylic acids is 1. The van der Waals surface area contributed by atoms with Crippen LogP contribution in [0, 0.1) is 5.92 Å². The minimum Gasteiger partial charge on any atom is -0.481 e. The molecule has 3 amide bonds. The SMILES string of the molecule is CCCCNC(=O)NC(=O)CN1CCC(CCC(=O)O)C1. The lowest BCUT2D eigenvalue weighted by Crippen LogP contribution is -2.44. The van der Waals surface area contributed by atoms with E-state index in [0.29, 0.717) is 18.9 Å². The molecule has 0 spiro atoms. The van der Waals surface area contributed by atoms with Crippen molar-refractivity contribution in [2.45, 2.75) is 39.0 Å². The van der Waals surface area contributed by atoms with Crippen LogP contribution in [-0.2, 0) is 9.59 Å². The zero-order valence-electron chi connectivity index (χ0n) is 12.6. The molecule has 0 radical (unpaired) electrons. The molecule has 1 fully saturated rings. The third-order valence-corrected chi connectivity index (χ3v) is 3.57. The van der Waals surface area contributed by atoms with Crippen LogP contribution in [-0.4, -0.2) is 54.1 Å². The highest BCUT2D eigenvalue weighted by molar-refractivity contribution is 5.95. The van der Waals surface area contributed by atoms with Gasteiger partial charge in [0.1, 0.15) is 0 Å². The Balaban J connectivity index is 2.17. The van der Waals surface area contributed by atoms with Gasteiger partial charge < -0.3 is 10.4 Å². The minimum atomic E-state index is -0.782. The molecule has 1 aliphatic heterocycles.